The van der Waals surface area contributed by atoms with E-state index in [0.717, 1.165) is 20.5 Å². The average molecular weight is 387 g/mol. The predicted molar refractivity (Wildman–Crippen MR) is 81.2 cm³/mol. The smallest absolute Gasteiger partial charge is 0.251 e. The molecule has 0 saturated carbocycles. The van der Waals surface area contributed by atoms with Crippen molar-refractivity contribution in [1.82, 2.24) is 5.32 Å². The van der Waals surface area contributed by atoms with Crippen LogP contribution in [-0.2, 0) is 0 Å². The van der Waals surface area contributed by atoms with Crippen molar-refractivity contribution in [3.63, 3.8) is 0 Å². The number of carbonyl (C=O) groups excluding carboxylic acids is 1. The normalized spacial score (nSPS) is 12.2. The second-order valence-corrected chi connectivity index (χ2v) is 6.13. The minimum Gasteiger partial charge on any atom is -0.464 e. The van der Waals surface area contributed by atoms with Gasteiger partial charge in [-0.1, -0.05) is 31.9 Å². The molecule has 1 heterocycles. The zero-order chi connectivity index (χ0) is 14.0. The van der Waals surface area contributed by atoms with E-state index in [9.17, 15) is 4.79 Å². The Morgan fingerprint density at radius 1 is 1.21 bits per heavy atom. The van der Waals surface area contributed by atoms with Crippen molar-refractivity contribution in [2.24, 2.45) is 0 Å². The fourth-order valence-electron chi connectivity index (χ4n) is 1.72. The zero-order valence-electron chi connectivity index (χ0n) is 10.5. The topological polar surface area (TPSA) is 42.2 Å². The van der Waals surface area contributed by atoms with Crippen LogP contribution in [0.3, 0.4) is 0 Å². The molecule has 1 amide bonds. The number of furan rings is 1. The molecule has 1 aromatic carbocycles. The molecule has 0 radical (unpaired) electrons. The lowest BCUT2D eigenvalue weighted by Crippen LogP contribution is -2.26. The van der Waals surface area contributed by atoms with Gasteiger partial charge < -0.3 is 9.73 Å². The number of carbonyl (C=O) groups is 1. The summed E-state index contributed by atoms with van der Waals surface area (Å²) in [5.74, 6) is 1.45. The minimum atomic E-state index is -0.168. The van der Waals surface area contributed by atoms with E-state index in [1.807, 2.05) is 32.0 Å². The summed E-state index contributed by atoms with van der Waals surface area (Å²) in [5.41, 5.74) is 0.594. The molecule has 0 aliphatic rings. The van der Waals surface area contributed by atoms with E-state index >= 15 is 0 Å². The Morgan fingerprint density at radius 2 is 1.84 bits per heavy atom. The van der Waals surface area contributed by atoms with Crippen molar-refractivity contribution >= 4 is 37.8 Å². The van der Waals surface area contributed by atoms with Crippen molar-refractivity contribution in [2.75, 3.05) is 0 Å². The van der Waals surface area contributed by atoms with Crippen LogP contribution in [0.25, 0.3) is 0 Å². The second kappa shape index (κ2) is 5.92. The summed E-state index contributed by atoms with van der Waals surface area (Å²) < 4.78 is 7.21. The van der Waals surface area contributed by atoms with Crippen molar-refractivity contribution in [1.29, 1.82) is 0 Å². The monoisotopic (exact) mass is 385 g/mol. The van der Waals surface area contributed by atoms with Crippen molar-refractivity contribution in [3.8, 4) is 0 Å². The molecular weight excluding hydrogens is 374 g/mol. The molecule has 0 aliphatic carbocycles. The number of amides is 1. The van der Waals surface area contributed by atoms with E-state index in [1.54, 1.807) is 12.1 Å². The van der Waals surface area contributed by atoms with Crippen LogP contribution in [0, 0.1) is 6.92 Å². The highest BCUT2D eigenvalue weighted by Crippen LogP contribution is 2.21. The first-order valence-corrected chi connectivity index (χ1v) is 7.37. The number of benzene rings is 1. The number of rotatable bonds is 3. The fourth-order valence-corrected chi connectivity index (χ4v) is 3.02. The first kappa shape index (κ1) is 14.3. The van der Waals surface area contributed by atoms with E-state index in [4.69, 9.17) is 4.42 Å². The highest BCUT2D eigenvalue weighted by Gasteiger charge is 2.14. The number of halogens is 2. The van der Waals surface area contributed by atoms with Crippen molar-refractivity contribution < 1.29 is 9.21 Å². The lowest BCUT2D eigenvalue weighted by atomic mass is 10.2. The quantitative estimate of drug-likeness (QED) is 0.837. The van der Waals surface area contributed by atoms with Crippen LogP contribution in [0.1, 0.15) is 34.8 Å². The third kappa shape index (κ3) is 3.70. The highest BCUT2D eigenvalue weighted by atomic mass is 79.9. The van der Waals surface area contributed by atoms with E-state index in [-0.39, 0.29) is 11.9 Å². The second-order valence-electron chi connectivity index (χ2n) is 4.30. The van der Waals surface area contributed by atoms with E-state index in [0.29, 0.717) is 5.56 Å². The van der Waals surface area contributed by atoms with Crippen molar-refractivity contribution in [3.05, 3.63) is 56.4 Å². The first-order valence-electron chi connectivity index (χ1n) is 5.79. The Morgan fingerprint density at radius 3 is 2.37 bits per heavy atom. The average Bonchev–Trinajstić information content (AvgIpc) is 2.74. The van der Waals surface area contributed by atoms with Gasteiger partial charge in [0.2, 0.25) is 0 Å². The number of hydrogen-bond acceptors (Lipinski definition) is 2. The molecule has 5 heteroatoms. The van der Waals surface area contributed by atoms with Gasteiger partial charge in [-0.2, -0.15) is 0 Å². The van der Waals surface area contributed by atoms with Gasteiger partial charge in [-0.05, 0) is 44.2 Å². The fraction of sp³-hybridized carbons (Fsp3) is 0.214. The van der Waals surface area contributed by atoms with Gasteiger partial charge in [0.05, 0.1) is 6.04 Å². The minimum absolute atomic E-state index is 0.136. The number of aryl methyl sites for hydroxylation is 1. The first-order chi connectivity index (χ1) is 8.95. The van der Waals surface area contributed by atoms with Gasteiger partial charge >= 0.3 is 0 Å². The highest BCUT2D eigenvalue weighted by molar-refractivity contribution is 9.11. The number of hydrogen-bond donors (Lipinski definition) is 1. The Hall–Kier alpha value is -1.07. The maximum absolute atomic E-state index is 12.1. The summed E-state index contributed by atoms with van der Waals surface area (Å²) in [6.07, 6.45) is 0. The molecule has 2 aromatic rings. The third-order valence-corrected chi connectivity index (χ3v) is 3.58. The standard InChI is InChI=1S/C14H13Br2NO2/c1-8-3-4-13(19-8)9(2)17-14(18)10-5-11(15)7-12(16)6-10/h3-7,9H,1-2H3,(H,17,18). The molecular formula is C14H13Br2NO2. The third-order valence-electron chi connectivity index (χ3n) is 2.66. The van der Waals surface area contributed by atoms with Gasteiger partial charge in [0, 0.05) is 14.5 Å². The zero-order valence-corrected chi connectivity index (χ0v) is 13.7. The van der Waals surface area contributed by atoms with Gasteiger partial charge in [0.15, 0.2) is 0 Å². The molecule has 100 valence electrons. The van der Waals surface area contributed by atoms with Crippen LogP contribution in [-0.4, -0.2) is 5.91 Å². The van der Waals surface area contributed by atoms with Crippen LogP contribution in [0.5, 0.6) is 0 Å². The SMILES string of the molecule is Cc1ccc(C(C)NC(=O)c2cc(Br)cc(Br)c2)o1. The molecule has 0 spiro atoms. The van der Waals surface area contributed by atoms with Crippen LogP contribution < -0.4 is 5.32 Å². The van der Waals surface area contributed by atoms with Gasteiger partial charge in [0.25, 0.3) is 5.91 Å². The Balaban J connectivity index is 2.12. The molecule has 0 bridgehead atoms. The molecule has 3 nitrogen and oxygen atoms in total. The van der Waals surface area contributed by atoms with Gasteiger partial charge in [-0.3, -0.25) is 4.79 Å². The van der Waals surface area contributed by atoms with E-state index < -0.39 is 0 Å². The maximum Gasteiger partial charge on any atom is 0.251 e. The predicted octanol–water partition coefficient (Wildman–Crippen LogP) is 4.60. The Kier molecular flexibility index (Phi) is 4.47. The largest absolute Gasteiger partial charge is 0.464 e. The van der Waals surface area contributed by atoms with Crippen molar-refractivity contribution in [2.45, 2.75) is 19.9 Å². The molecule has 1 unspecified atom stereocenters. The lowest BCUT2D eigenvalue weighted by Gasteiger charge is -2.12. The molecule has 1 aromatic heterocycles. The molecule has 0 aliphatic heterocycles. The molecule has 1 atom stereocenters. The Bertz CT molecular complexity index is 587. The number of nitrogens with one attached hydrogen (secondary N) is 1. The summed E-state index contributed by atoms with van der Waals surface area (Å²) in [4.78, 5) is 12.1. The summed E-state index contributed by atoms with van der Waals surface area (Å²) >= 11 is 6.73. The molecule has 0 fully saturated rings. The van der Waals surface area contributed by atoms with Gasteiger partial charge in [0.1, 0.15) is 11.5 Å². The summed E-state index contributed by atoms with van der Waals surface area (Å²) in [7, 11) is 0. The summed E-state index contributed by atoms with van der Waals surface area (Å²) in [6.45, 7) is 3.77. The Labute approximate surface area is 128 Å². The van der Waals surface area contributed by atoms with Gasteiger partial charge in [-0.15, -0.1) is 0 Å². The van der Waals surface area contributed by atoms with E-state index in [1.165, 1.54) is 0 Å². The maximum atomic E-state index is 12.1. The summed E-state index contributed by atoms with van der Waals surface area (Å²) in [6, 6.07) is 9.03. The van der Waals surface area contributed by atoms with Gasteiger partial charge in [-0.25, -0.2) is 0 Å². The van der Waals surface area contributed by atoms with Crippen LogP contribution in [0.2, 0.25) is 0 Å². The molecule has 1 N–H and O–H groups in total. The van der Waals surface area contributed by atoms with E-state index in [2.05, 4.69) is 37.2 Å². The van der Waals surface area contributed by atoms with Crippen LogP contribution in [0.15, 0.2) is 43.7 Å². The molecule has 2 rings (SSSR count). The van der Waals surface area contributed by atoms with Crippen LogP contribution in [0.4, 0.5) is 0 Å². The molecule has 19 heavy (non-hydrogen) atoms. The molecule has 0 saturated heterocycles. The summed E-state index contributed by atoms with van der Waals surface area (Å²) in [5, 5.41) is 2.91. The lowest BCUT2D eigenvalue weighted by molar-refractivity contribution is 0.0935. The van der Waals surface area contributed by atoms with Crippen LogP contribution >= 0.6 is 31.9 Å².